The maximum Gasteiger partial charge on any atom is 0.274 e. The summed E-state index contributed by atoms with van der Waals surface area (Å²) in [5, 5.41) is 7.21. The van der Waals surface area contributed by atoms with Gasteiger partial charge in [-0.05, 0) is 37.1 Å². The minimum atomic E-state index is -0.363. The van der Waals surface area contributed by atoms with E-state index in [0.717, 1.165) is 11.9 Å². The Hall–Kier alpha value is -4.00. The summed E-state index contributed by atoms with van der Waals surface area (Å²) in [5.74, 6) is 0.153. The lowest BCUT2D eigenvalue weighted by Gasteiger charge is -2.08. The summed E-state index contributed by atoms with van der Waals surface area (Å²) in [7, 11) is 0. The van der Waals surface area contributed by atoms with Gasteiger partial charge < -0.3 is 15.6 Å². The average Bonchev–Trinajstić information content (AvgIpc) is 3.17. The van der Waals surface area contributed by atoms with Crippen LogP contribution in [0, 0.1) is 0 Å². The Bertz CT molecular complexity index is 1210. The molecule has 0 aliphatic rings. The van der Waals surface area contributed by atoms with Crippen LogP contribution in [0.2, 0.25) is 0 Å². The third-order valence-corrected chi connectivity index (χ3v) is 4.80. The molecule has 2 aromatic carbocycles. The van der Waals surface area contributed by atoms with Gasteiger partial charge in [0, 0.05) is 41.0 Å². The Morgan fingerprint density at radius 2 is 1.90 bits per heavy atom. The topological polar surface area (TPSA) is 99.8 Å². The second-order valence-corrected chi connectivity index (χ2v) is 6.92. The summed E-state index contributed by atoms with van der Waals surface area (Å²) in [5.41, 5.74) is 3.65. The van der Waals surface area contributed by atoms with E-state index in [4.69, 9.17) is 0 Å². The quantitative estimate of drug-likeness (QED) is 0.407. The number of para-hydroxylation sites is 1. The number of nitrogens with one attached hydrogen (secondary N) is 3. The highest BCUT2D eigenvalue weighted by Crippen LogP contribution is 2.18. The molecule has 2 aromatic heterocycles. The standard InChI is InChI=1S/C23H21N5O2/c1-15(29)16-5-4-6-18(11-16)28-23(30)21-12-22(27-14-26-21)24-10-9-17-13-25-20-8-3-2-7-19(17)20/h2-8,11-14,25H,9-10H2,1H3,(H,28,30)(H,24,26,27). The summed E-state index contributed by atoms with van der Waals surface area (Å²) in [6.45, 7) is 2.15. The number of hydrogen-bond acceptors (Lipinski definition) is 5. The third-order valence-electron chi connectivity index (χ3n) is 4.80. The number of benzene rings is 2. The van der Waals surface area contributed by atoms with E-state index in [1.165, 1.54) is 24.2 Å². The molecule has 30 heavy (non-hydrogen) atoms. The highest BCUT2D eigenvalue weighted by atomic mass is 16.2. The van der Waals surface area contributed by atoms with Crippen molar-refractivity contribution in [3.63, 3.8) is 0 Å². The van der Waals surface area contributed by atoms with Crippen molar-refractivity contribution in [2.45, 2.75) is 13.3 Å². The van der Waals surface area contributed by atoms with E-state index in [0.29, 0.717) is 23.6 Å². The molecule has 3 N–H and O–H groups in total. The molecule has 0 atom stereocenters. The van der Waals surface area contributed by atoms with Crippen LogP contribution in [0.15, 0.2) is 67.1 Å². The zero-order valence-corrected chi connectivity index (χ0v) is 16.5. The van der Waals surface area contributed by atoms with Crippen molar-refractivity contribution < 1.29 is 9.59 Å². The number of Topliss-reactive ketones (excluding diaryl/α,β-unsaturated/α-hetero) is 1. The number of anilines is 2. The first-order chi connectivity index (χ1) is 14.6. The maximum absolute atomic E-state index is 12.5. The minimum absolute atomic E-state index is 0.0603. The molecule has 0 fully saturated rings. The van der Waals surface area contributed by atoms with Crippen molar-refractivity contribution in [1.82, 2.24) is 15.0 Å². The monoisotopic (exact) mass is 399 g/mol. The van der Waals surface area contributed by atoms with Gasteiger partial charge in [-0.2, -0.15) is 0 Å². The molecular weight excluding hydrogens is 378 g/mol. The first kappa shape index (κ1) is 19.3. The lowest BCUT2D eigenvalue weighted by atomic mass is 10.1. The van der Waals surface area contributed by atoms with Gasteiger partial charge in [0.15, 0.2) is 5.78 Å². The highest BCUT2D eigenvalue weighted by molar-refractivity contribution is 6.04. The zero-order valence-electron chi connectivity index (χ0n) is 16.5. The van der Waals surface area contributed by atoms with E-state index >= 15 is 0 Å². The van der Waals surface area contributed by atoms with E-state index < -0.39 is 0 Å². The Morgan fingerprint density at radius 3 is 2.77 bits per heavy atom. The molecule has 0 bridgehead atoms. The van der Waals surface area contributed by atoms with Gasteiger partial charge in [0.25, 0.3) is 5.91 Å². The molecular formula is C23H21N5O2. The number of H-pyrrole nitrogens is 1. The molecule has 4 aromatic rings. The van der Waals surface area contributed by atoms with Crippen LogP contribution >= 0.6 is 0 Å². The highest BCUT2D eigenvalue weighted by Gasteiger charge is 2.10. The van der Waals surface area contributed by atoms with Crippen LogP contribution in [0.1, 0.15) is 33.3 Å². The van der Waals surface area contributed by atoms with E-state index in [9.17, 15) is 9.59 Å². The molecule has 150 valence electrons. The molecule has 0 radical (unpaired) electrons. The van der Waals surface area contributed by atoms with Crippen LogP contribution in [0.4, 0.5) is 11.5 Å². The van der Waals surface area contributed by atoms with Crippen molar-refractivity contribution in [3.05, 3.63) is 83.9 Å². The Labute approximate surface area is 173 Å². The SMILES string of the molecule is CC(=O)c1cccc(NC(=O)c2cc(NCCc3c[nH]c4ccccc34)ncn2)c1. The molecule has 0 unspecified atom stereocenters. The number of fused-ring (bicyclic) bond motifs is 1. The molecule has 0 saturated heterocycles. The van der Waals surface area contributed by atoms with Crippen molar-refractivity contribution in [3.8, 4) is 0 Å². The first-order valence-corrected chi connectivity index (χ1v) is 9.63. The molecule has 0 aliphatic carbocycles. The fourth-order valence-electron chi connectivity index (χ4n) is 3.25. The van der Waals surface area contributed by atoms with Gasteiger partial charge in [-0.1, -0.05) is 30.3 Å². The lowest BCUT2D eigenvalue weighted by molar-refractivity contribution is 0.100. The van der Waals surface area contributed by atoms with Crippen LogP contribution in [0.5, 0.6) is 0 Å². The predicted molar refractivity (Wildman–Crippen MR) is 117 cm³/mol. The summed E-state index contributed by atoms with van der Waals surface area (Å²) >= 11 is 0. The zero-order chi connectivity index (χ0) is 20.9. The molecule has 2 heterocycles. The van der Waals surface area contributed by atoms with Crippen molar-refractivity contribution in [2.24, 2.45) is 0 Å². The van der Waals surface area contributed by atoms with Gasteiger partial charge in [0.2, 0.25) is 0 Å². The van der Waals surface area contributed by atoms with Crippen molar-refractivity contribution in [1.29, 1.82) is 0 Å². The number of carbonyl (C=O) groups is 2. The number of amides is 1. The van der Waals surface area contributed by atoms with E-state index in [1.54, 1.807) is 30.3 Å². The molecule has 4 rings (SSSR count). The fourth-order valence-corrected chi connectivity index (χ4v) is 3.25. The summed E-state index contributed by atoms with van der Waals surface area (Å²) in [4.78, 5) is 35.6. The fraction of sp³-hybridized carbons (Fsp3) is 0.130. The second kappa shape index (κ2) is 8.57. The molecule has 0 saturated carbocycles. The van der Waals surface area contributed by atoms with Gasteiger partial charge in [-0.3, -0.25) is 9.59 Å². The Morgan fingerprint density at radius 1 is 1.03 bits per heavy atom. The van der Waals surface area contributed by atoms with E-state index in [2.05, 4.69) is 31.7 Å². The van der Waals surface area contributed by atoms with Crippen LogP contribution in [0.25, 0.3) is 10.9 Å². The minimum Gasteiger partial charge on any atom is -0.370 e. The number of aromatic amines is 1. The first-order valence-electron chi connectivity index (χ1n) is 9.63. The van der Waals surface area contributed by atoms with Crippen molar-refractivity contribution >= 4 is 34.1 Å². The van der Waals surface area contributed by atoms with Crippen LogP contribution in [-0.4, -0.2) is 33.2 Å². The normalized spacial score (nSPS) is 10.7. The van der Waals surface area contributed by atoms with Crippen LogP contribution in [0.3, 0.4) is 0 Å². The van der Waals surface area contributed by atoms with Gasteiger partial charge >= 0.3 is 0 Å². The molecule has 1 amide bonds. The number of hydrogen-bond donors (Lipinski definition) is 3. The molecule has 0 spiro atoms. The van der Waals surface area contributed by atoms with E-state index in [-0.39, 0.29) is 17.4 Å². The van der Waals surface area contributed by atoms with Crippen LogP contribution < -0.4 is 10.6 Å². The summed E-state index contributed by atoms with van der Waals surface area (Å²) in [6, 6.07) is 16.6. The van der Waals surface area contributed by atoms with Crippen LogP contribution in [-0.2, 0) is 6.42 Å². The molecule has 0 aliphatic heterocycles. The Balaban J connectivity index is 1.39. The second-order valence-electron chi connectivity index (χ2n) is 6.92. The smallest absolute Gasteiger partial charge is 0.274 e. The number of nitrogens with zero attached hydrogens (tertiary/aromatic N) is 2. The van der Waals surface area contributed by atoms with Crippen molar-refractivity contribution in [2.75, 3.05) is 17.2 Å². The summed E-state index contributed by atoms with van der Waals surface area (Å²) in [6.07, 6.45) is 4.18. The summed E-state index contributed by atoms with van der Waals surface area (Å²) < 4.78 is 0. The van der Waals surface area contributed by atoms with E-state index in [1.807, 2.05) is 24.4 Å². The number of rotatable bonds is 7. The van der Waals surface area contributed by atoms with Gasteiger partial charge in [-0.15, -0.1) is 0 Å². The largest absolute Gasteiger partial charge is 0.370 e. The lowest BCUT2D eigenvalue weighted by Crippen LogP contribution is -2.15. The van der Waals surface area contributed by atoms with Gasteiger partial charge in [-0.25, -0.2) is 9.97 Å². The van der Waals surface area contributed by atoms with Gasteiger partial charge in [0.05, 0.1) is 0 Å². The Kier molecular flexibility index (Phi) is 5.52. The van der Waals surface area contributed by atoms with Gasteiger partial charge in [0.1, 0.15) is 17.8 Å². The average molecular weight is 399 g/mol. The third kappa shape index (κ3) is 4.35. The maximum atomic E-state index is 12.5. The number of carbonyl (C=O) groups excluding carboxylic acids is 2. The number of ketones is 1. The predicted octanol–water partition coefficient (Wildman–Crippen LogP) is 4.07. The molecule has 7 nitrogen and oxygen atoms in total. The number of aromatic nitrogens is 3. The molecule has 7 heteroatoms.